The molecule has 1 fully saturated rings. The average molecular weight is 449 g/mol. The van der Waals surface area contributed by atoms with E-state index in [1.807, 2.05) is 0 Å². The van der Waals surface area contributed by atoms with Gasteiger partial charge in [0, 0.05) is 5.56 Å². The summed E-state index contributed by atoms with van der Waals surface area (Å²) in [5, 5.41) is 11.6. The van der Waals surface area contributed by atoms with Crippen molar-refractivity contribution in [3.63, 3.8) is 0 Å². The van der Waals surface area contributed by atoms with E-state index in [9.17, 15) is 24.3 Å². The van der Waals surface area contributed by atoms with E-state index < -0.39 is 23.8 Å². The summed E-state index contributed by atoms with van der Waals surface area (Å²) in [4.78, 5) is 49.7. The first kappa shape index (κ1) is 21.4. The number of nitrogens with zero attached hydrogens (tertiary/aromatic N) is 1. The van der Waals surface area contributed by atoms with E-state index in [0.29, 0.717) is 0 Å². The van der Waals surface area contributed by atoms with Gasteiger partial charge in [0.2, 0.25) is 0 Å². The third-order valence-electron chi connectivity index (χ3n) is 4.12. The molecule has 0 saturated carbocycles. The predicted molar refractivity (Wildman–Crippen MR) is 110 cm³/mol. The van der Waals surface area contributed by atoms with E-state index in [-0.39, 0.29) is 44.8 Å². The number of benzene rings is 2. The molecule has 0 atom stereocenters. The Hall–Kier alpha value is -3.36. The minimum absolute atomic E-state index is 0.0635. The molecule has 0 bridgehead atoms. The number of nitrogens with one attached hydrogen (secondary N) is 1. The largest absolute Gasteiger partial charge is 0.493 e. The third kappa shape index (κ3) is 4.14. The van der Waals surface area contributed by atoms with Gasteiger partial charge in [0.05, 0.1) is 27.9 Å². The van der Waals surface area contributed by atoms with Crippen molar-refractivity contribution in [2.45, 2.75) is 6.92 Å². The number of carbonyl (C=O) groups is 4. The lowest BCUT2D eigenvalue weighted by molar-refractivity contribution is -0.122. The van der Waals surface area contributed by atoms with Crippen LogP contribution in [0.1, 0.15) is 22.8 Å². The number of hydrogen-bond acceptors (Lipinski definition) is 5. The molecule has 2 aromatic rings. The zero-order valence-corrected chi connectivity index (χ0v) is 17.0. The lowest BCUT2D eigenvalue weighted by atomic mass is 10.0. The van der Waals surface area contributed by atoms with Gasteiger partial charge in [-0.25, -0.2) is 14.5 Å². The van der Waals surface area contributed by atoms with Crippen LogP contribution in [0, 0.1) is 0 Å². The number of ether oxygens (including phenoxy) is 1. The summed E-state index contributed by atoms with van der Waals surface area (Å²) in [6, 6.07) is 7.19. The Morgan fingerprint density at radius 2 is 1.87 bits per heavy atom. The van der Waals surface area contributed by atoms with Crippen molar-refractivity contribution in [2.24, 2.45) is 0 Å². The monoisotopic (exact) mass is 448 g/mol. The van der Waals surface area contributed by atoms with E-state index >= 15 is 0 Å². The number of carboxylic acids is 1. The van der Waals surface area contributed by atoms with Gasteiger partial charge < -0.3 is 9.84 Å². The van der Waals surface area contributed by atoms with Crippen molar-refractivity contribution >= 4 is 58.8 Å². The highest BCUT2D eigenvalue weighted by molar-refractivity contribution is 6.43. The summed E-state index contributed by atoms with van der Waals surface area (Å²) in [6.45, 7) is 2.00. The number of halogens is 2. The third-order valence-corrected chi connectivity index (χ3v) is 4.86. The number of aromatic carboxylic acids is 1. The topological polar surface area (TPSA) is 113 Å². The van der Waals surface area contributed by atoms with Crippen molar-refractivity contribution in [3.8, 4) is 5.75 Å². The van der Waals surface area contributed by atoms with Gasteiger partial charge in [-0.1, -0.05) is 23.2 Å². The molecule has 0 radical (unpaired) electrons. The Kier molecular flexibility index (Phi) is 6.09. The van der Waals surface area contributed by atoms with E-state index in [1.165, 1.54) is 42.5 Å². The van der Waals surface area contributed by atoms with E-state index in [0.717, 1.165) is 4.90 Å². The highest BCUT2D eigenvalue weighted by atomic mass is 35.5. The Bertz CT molecular complexity index is 1110. The Morgan fingerprint density at radius 3 is 2.50 bits per heavy atom. The summed E-state index contributed by atoms with van der Waals surface area (Å²) < 4.78 is 5.45. The number of imide groups is 2. The molecule has 1 aliphatic heterocycles. The molecular weight excluding hydrogens is 435 g/mol. The molecule has 1 heterocycles. The van der Waals surface area contributed by atoms with Crippen molar-refractivity contribution in [2.75, 3.05) is 11.5 Å². The van der Waals surface area contributed by atoms with Crippen LogP contribution >= 0.6 is 23.2 Å². The molecule has 0 aromatic heterocycles. The van der Waals surface area contributed by atoms with Crippen LogP contribution in [0.5, 0.6) is 5.75 Å². The second-order valence-electron chi connectivity index (χ2n) is 6.05. The fourth-order valence-electron chi connectivity index (χ4n) is 2.75. The van der Waals surface area contributed by atoms with E-state index in [4.69, 9.17) is 27.9 Å². The first-order chi connectivity index (χ1) is 14.2. The zero-order chi connectivity index (χ0) is 22.0. The molecule has 1 saturated heterocycles. The molecule has 154 valence electrons. The number of urea groups is 1. The number of hydrogen-bond donors (Lipinski definition) is 2. The first-order valence-corrected chi connectivity index (χ1v) is 9.35. The van der Waals surface area contributed by atoms with E-state index in [2.05, 4.69) is 5.32 Å². The second kappa shape index (κ2) is 8.56. The van der Waals surface area contributed by atoms with Gasteiger partial charge >= 0.3 is 12.0 Å². The number of anilines is 1. The van der Waals surface area contributed by atoms with Crippen LogP contribution in [0.15, 0.2) is 42.0 Å². The molecule has 30 heavy (non-hydrogen) atoms. The number of carbonyl (C=O) groups excluding carboxylic acids is 3. The van der Waals surface area contributed by atoms with Crippen LogP contribution in [-0.4, -0.2) is 35.5 Å². The smallest absolute Gasteiger partial charge is 0.335 e. The zero-order valence-electron chi connectivity index (χ0n) is 15.4. The predicted octanol–water partition coefficient (Wildman–Crippen LogP) is 3.76. The average Bonchev–Trinajstić information content (AvgIpc) is 2.68. The molecule has 2 N–H and O–H groups in total. The molecular formula is C20H14Cl2N2O6. The quantitative estimate of drug-likeness (QED) is 0.531. The maximum absolute atomic E-state index is 13.0. The van der Waals surface area contributed by atoms with Gasteiger partial charge in [0.25, 0.3) is 11.8 Å². The summed E-state index contributed by atoms with van der Waals surface area (Å²) in [7, 11) is 0. The number of amides is 4. The highest BCUT2D eigenvalue weighted by Gasteiger charge is 2.37. The summed E-state index contributed by atoms with van der Waals surface area (Å²) in [5.41, 5.74) is -0.149. The summed E-state index contributed by atoms with van der Waals surface area (Å²) in [6.07, 6.45) is 1.17. The molecule has 8 nitrogen and oxygen atoms in total. The molecule has 2 aromatic carbocycles. The number of barbiturate groups is 1. The van der Waals surface area contributed by atoms with Crippen LogP contribution in [-0.2, 0) is 9.59 Å². The fourth-order valence-corrected chi connectivity index (χ4v) is 3.05. The first-order valence-electron chi connectivity index (χ1n) is 8.59. The van der Waals surface area contributed by atoms with Gasteiger partial charge in [-0.15, -0.1) is 0 Å². The lowest BCUT2D eigenvalue weighted by Gasteiger charge is -2.26. The van der Waals surface area contributed by atoms with Crippen molar-refractivity contribution < 1.29 is 29.0 Å². The highest BCUT2D eigenvalue weighted by Crippen LogP contribution is 2.30. The number of carboxylic acid groups (broad SMARTS) is 1. The minimum atomic E-state index is -1.19. The molecule has 3 rings (SSSR count). The van der Waals surface area contributed by atoms with Gasteiger partial charge in [-0.3, -0.25) is 14.9 Å². The van der Waals surface area contributed by atoms with Gasteiger partial charge in [-0.2, -0.15) is 0 Å². The fraction of sp³-hybridized carbons (Fsp3) is 0.100. The molecule has 0 unspecified atom stereocenters. The van der Waals surface area contributed by atoms with Crippen LogP contribution in [0.2, 0.25) is 10.0 Å². The molecule has 10 heteroatoms. The van der Waals surface area contributed by atoms with Gasteiger partial charge in [0.1, 0.15) is 11.3 Å². The van der Waals surface area contributed by atoms with Crippen LogP contribution < -0.4 is 15.0 Å². The Balaban J connectivity index is 2.09. The molecule has 4 amide bonds. The second-order valence-corrected chi connectivity index (χ2v) is 6.86. The van der Waals surface area contributed by atoms with Crippen LogP contribution in [0.25, 0.3) is 6.08 Å². The molecule has 0 spiro atoms. The maximum Gasteiger partial charge on any atom is 0.335 e. The van der Waals surface area contributed by atoms with Crippen LogP contribution in [0.3, 0.4) is 0 Å². The minimum Gasteiger partial charge on any atom is -0.493 e. The van der Waals surface area contributed by atoms with Crippen LogP contribution in [0.4, 0.5) is 10.5 Å². The van der Waals surface area contributed by atoms with Crippen molar-refractivity contribution in [3.05, 3.63) is 63.1 Å². The molecule has 0 aliphatic carbocycles. The van der Waals surface area contributed by atoms with Gasteiger partial charge in [-0.05, 0) is 49.4 Å². The number of rotatable bonds is 5. The SMILES string of the molecule is CCOc1ccc(C(=O)O)cc1/C=C1\C(=O)NC(=O)N(c2ccc(Cl)c(Cl)c2)C1=O. The maximum atomic E-state index is 13.0. The summed E-state index contributed by atoms with van der Waals surface area (Å²) in [5.74, 6) is -2.76. The van der Waals surface area contributed by atoms with E-state index in [1.54, 1.807) is 6.92 Å². The normalized spacial score (nSPS) is 15.4. The standard InChI is InChI=1S/C20H14Cl2N2O6/c1-2-30-16-6-3-10(19(27)28)7-11(16)8-13-17(25)23-20(29)24(18(13)26)12-4-5-14(21)15(22)9-12/h3-9H,2H2,1H3,(H,27,28)(H,23,25,29)/b13-8+. The van der Waals surface area contributed by atoms with Crippen molar-refractivity contribution in [1.82, 2.24) is 5.32 Å². The van der Waals surface area contributed by atoms with Crippen molar-refractivity contribution in [1.29, 1.82) is 0 Å². The molecule has 1 aliphatic rings. The lowest BCUT2D eigenvalue weighted by Crippen LogP contribution is -2.54. The Labute approximate surface area is 180 Å². The summed E-state index contributed by atoms with van der Waals surface area (Å²) >= 11 is 11.8. The van der Waals surface area contributed by atoms with Gasteiger partial charge in [0.15, 0.2) is 0 Å². The Morgan fingerprint density at radius 1 is 1.13 bits per heavy atom.